The van der Waals surface area contributed by atoms with Crippen LogP contribution in [0.4, 0.5) is 0 Å². The van der Waals surface area contributed by atoms with Gasteiger partial charge in [0.25, 0.3) is 0 Å². The molecule has 0 aliphatic heterocycles. The summed E-state index contributed by atoms with van der Waals surface area (Å²) in [6.45, 7) is 0. The van der Waals surface area contributed by atoms with Gasteiger partial charge in [-0.1, -0.05) is 0 Å². The molecule has 168 valence electrons. The molecule has 0 saturated heterocycles. The van der Waals surface area contributed by atoms with Gasteiger partial charge in [-0.25, -0.2) is 0 Å². The molecule has 0 bridgehead atoms. The molecule has 0 saturated carbocycles. The molecular weight excluding hydrogens is 655 g/mol. The van der Waals surface area contributed by atoms with Gasteiger partial charge in [-0.3, -0.25) is 0 Å². The summed E-state index contributed by atoms with van der Waals surface area (Å²) in [5.41, 5.74) is 3.23. The van der Waals surface area contributed by atoms with Crippen LogP contribution in [-0.2, 0) is 16.5 Å². The summed E-state index contributed by atoms with van der Waals surface area (Å²) in [5, 5.41) is 6.36. The van der Waals surface area contributed by atoms with Gasteiger partial charge in [0.15, 0.2) is 0 Å². The molecule has 6 heterocycles. The van der Waals surface area contributed by atoms with E-state index in [0.29, 0.717) is 0 Å². The Kier molecular flexibility index (Phi) is 6.27. The Morgan fingerprint density at radius 3 is 1.09 bits per heavy atom. The summed E-state index contributed by atoms with van der Waals surface area (Å²) in [4.78, 5) is 18.3. The van der Waals surface area contributed by atoms with Crippen LogP contribution in [-0.4, -0.2) is 15.0 Å². The van der Waals surface area contributed by atoms with Crippen molar-refractivity contribution in [1.29, 1.82) is 0 Å². The SMILES string of the molecule is c1csc(-c2nccc[c]2[Ir]([c]2cccnc2-c2cccs2)[c]2cccnc2-c2cccs2)c1. The molecular formula is C27H18IrN3S3. The molecule has 6 aromatic heterocycles. The van der Waals surface area contributed by atoms with Crippen LogP contribution in [0.3, 0.4) is 0 Å². The average Bonchev–Trinajstić information content (AvgIpc) is 3.69. The van der Waals surface area contributed by atoms with Crippen molar-refractivity contribution in [2.24, 2.45) is 0 Å². The Balaban J connectivity index is 1.66. The number of aromatic nitrogens is 3. The summed E-state index contributed by atoms with van der Waals surface area (Å²) in [6.07, 6.45) is 5.71. The van der Waals surface area contributed by atoms with E-state index < -0.39 is 16.5 Å². The number of nitrogens with zero attached hydrogens (tertiary/aromatic N) is 3. The Morgan fingerprint density at radius 2 is 0.794 bits per heavy atom. The third-order valence-electron chi connectivity index (χ3n) is 5.02. The standard InChI is InChI=1S/3C9H6NS.Ir/c3*1-2-6-10-8(4-1)9-5-3-7-11-9;/h3*1-3,5-7H;. The zero-order valence-electron chi connectivity index (χ0n) is 17.8. The molecule has 0 N–H and O–H groups in total. The summed E-state index contributed by atoms with van der Waals surface area (Å²) in [5.74, 6) is 0. The molecule has 6 rings (SSSR count). The predicted molar refractivity (Wildman–Crippen MR) is 142 cm³/mol. The molecule has 0 unspecified atom stereocenters. The fourth-order valence-electron chi connectivity index (χ4n) is 3.60. The van der Waals surface area contributed by atoms with Crippen molar-refractivity contribution >= 4 is 46.2 Å². The molecule has 0 aromatic carbocycles. The first-order valence-corrected chi connectivity index (χ1v) is 16.7. The number of rotatable bonds is 6. The van der Waals surface area contributed by atoms with Gasteiger partial charge in [-0.05, 0) is 0 Å². The Morgan fingerprint density at radius 1 is 0.441 bits per heavy atom. The van der Waals surface area contributed by atoms with E-state index in [9.17, 15) is 0 Å². The first-order chi connectivity index (χ1) is 16.9. The maximum absolute atomic E-state index is 4.89. The van der Waals surface area contributed by atoms with Gasteiger partial charge in [0, 0.05) is 0 Å². The van der Waals surface area contributed by atoms with E-state index >= 15 is 0 Å². The van der Waals surface area contributed by atoms with Gasteiger partial charge >= 0.3 is 217 Å². The Hall–Kier alpha value is -2.80. The molecule has 6 aromatic rings. The van der Waals surface area contributed by atoms with Gasteiger partial charge in [0.05, 0.1) is 0 Å². The Labute approximate surface area is 215 Å². The predicted octanol–water partition coefficient (Wildman–Crippen LogP) is 5.95. The van der Waals surface area contributed by atoms with Gasteiger partial charge in [-0.15, -0.1) is 0 Å². The summed E-state index contributed by atoms with van der Waals surface area (Å²) >= 11 is 2.80. The van der Waals surface area contributed by atoms with Crippen LogP contribution in [0.2, 0.25) is 0 Å². The first kappa shape index (κ1) is 21.7. The van der Waals surface area contributed by atoms with Crippen LogP contribution >= 0.6 is 34.0 Å². The Bertz CT molecular complexity index is 1330. The van der Waals surface area contributed by atoms with Gasteiger partial charge in [0.1, 0.15) is 0 Å². The summed E-state index contributed by atoms with van der Waals surface area (Å²) in [6, 6.07) is 25.8. The van der Waals surface area contributed by atoms with Gasteiger partial charge in [0.2, 0.25) is 0 Å². The van der Waals surface area contributed by atoms with E-state index in [1.165, 1.54) is 26.9 Å². The number of pyridine rings is 3. The monoisotopic (exact) mass is 673 g/mol. The fraction of sp³-hybridized carbons (Fsp3) is 0. The molecule has 3 nitrogen and oxygen atoms in total. The van der Waals surface area contributed by atoms with Crippen molar-refractivity contribution in [3.8, 4) is 31.7 Å². The van der Waals surface area contributed by atoms with Crippen LogP contribution in [0.15, 0.2) is 108 Å². The quantitative estimate of drug-likeness (QED) is 0.220. The second-order valence-electron chi connectivity index (χ2n) is 7.11. The molecule has 0 aliphatic rings. The van der Waals surface area contributed by atoms with Crippen molar-refractivity contribution in [3.05, 3.63) is 108 Å². The molecule has 7 heteroatoms. The minimum absolute atomic E-state index is 1.08. The topological polar surface area (TPSA) is 38.7 Å². The number of hydrogen-bond donors (Lipinski definition) is 0. The van der Waals surface area contributed by atoms with Crippen LogP contribution in [0.5, 0.6) is 0 Å². The van der Waals surface area contributed by atoms with Crippen LogP contribution < -0.4 is 12.2 Å². The van der Waals surface area contributed by atoms with E-state index in [4.69, 9.17) is 15.0 Å². The number of hydrogen-bond acceptors (Lipinski definition) is 6. The van der Waals surface area contributed by atoms with Crippen LogP contribution in [0.25, 0.3) is 31.7 Å². The second-order valence-corrected chi connectivity index (χ2v) is 15.6. The van der Waals surface area contributed by atoms with Crippen molar-refractivity contribution < 1.29 is 16.5 Å². The van der Waals surface area contributed by atoms with E-state index in [2.05, 4.69) is 88.9 Å². The average molecular weight is 673 g/mol. The zero-order chi connectivity index (χ0) is 22.7. The van der Waals surface area contributed by atoms with Gasteiger partial charge in [-0.2, -0.15) is 0 Å². The molecule has 0 radical (unpaired) electrons. The van der Waals surface area contributed by atoms with E-state index in [1.54, 1.807) is 34.0 Å². The van der Waals surface area contributed by atoms with Crippen LogP contribution in [0, 0.1) is 0 Å². The zero-order valence-corrected chi connectivity index (χ0v) is 22.6. The van der Waals surface area contributed by atoms with Gasteiger partial charge < -0.3 is 0 Å². The van der Waals surface area contributed by atoms with Crippen molar-refractivity contribution in [3.63, 3.8) is 0 Å². The number of thiophene rings is 3. The van der Waals surface area contributed by atoms with E-state index in [0.717, 1.165) is 17.1 Å². The molecule has 34 heavy (non-hydrogen) atoms. The van der Waals surface area contributed by atoms with Crippen molar-refractivity contribution in [1.82, 2.24) is 15.0 Å². The fourth-order valence-corrected chi connectivity index (χ4v) is 13.5. The molecule has 0 fully saturated rings. The van der Waals surface area contributed by atoms with Crippen molar-refractivity contribution in [2.75, 3.05) is 0 Å². The summed E-state index contributed by atoms with van der Waals surface area (Å²) in [7, 11) is 0. The van der Waals surface area contributed by atoms with E-state index in [-0.39, 0.29) is 0 Å². The second kappa shape index (κ2) is 9.82. The molecule has 0 amide bonds. The minimum atomic E-state index is -2.42. The third kappa shape index (κ3) is 4.11. The molecule has 0 atom stereocenters. The maximum atomic E-state index is 4.89. The molecule has 0 spiro atoms. The van der Waals surface area contributed by atoms with E-state index in [1.807, 2.05) is 18.6 Å². The first-order valence-electron chi connectivity index (χ1n) is 10.5. The summed E-state index contributed by atoms with van der Waals surface area (Å²) < 4.78 is 3.96. The molecule has 0 aliphatic carbocycles. The van der Waals surface area contributed by atoms with Crippen LogP contribution in [0.1, 0.15) is 0 Å². The van der Waals surface area contributed by atoms with Crippen molar-refractivity contribution in [2.45, 2.75) is 0 Å². The third-order valence-corrected chi connectivity index (χ3v) is 14.4. The normalized spacial score (nSPS) is 11.5.